The number of aromatic nitrogens is 2. The van der Waals surface area contributed by atoms with Crippen LogP contribution in [0, 0.1) is 11.3 Å². The normalized spacial score (nSPS) is 22.8. The number of rotatable bonds is 4. The second-order valence-electron chi connectivity index (χ2n) is 8.19. The molecule has 1 aromatic rings. The number of nitrogens with one attached hydrogen (secondary N) is 1. The molecule has 142 valence electrons. The van der Waals surface area contributed by atoms with Crippen molar-refractivity contribution in [3.8, 4) is 0 Å². The number of hydrogen-bond donors (Lipinski definition) is 1. The Morgan fingerprint density at radius 1 is 1.31 bits per heavy atom. The number of fused-ring (bicyclic) bond motifs is 1. The van der Waals surface area contributed by atoms with E-state index in [-0.39, 0.29) is 17.2 Å². The molecule has 3 rings (SSSR count). The highest BCUT2D eigenvalue weighted by Crippen LogP contribution is 2.35. The molecule has 1 aromatic heterocycles. The first-order chi connectivity index (χ1) is 12.4. The first-order valence-electron chi connectivity index (χ1n) is 9.67. The second kappa shape index (κ2) is 7.64. The smallest absolute Gasteiger partial charge is 0.271 e. The standard InChI is InChI=1S/C20H30N4O2/c1-15(2)12-21-18(25)17-16-13-23(10-7-11-24(16)14-22-17)19(26)20(3)8-5-4-6-9-20/h4-5,14-15H,6-13H2,1-3H3,(H,21,25). The van der Waals surface area contributed by atoms with Crippen molar-refractivity contribution in [1.82, 2.24) is 19.8 Å². The number of nitrogens with zero attached hydrogens (tertiary/aromatic N) is 3. The van der Waals surface area contributed by atoms with Crippen molar-refractivity contribution >= 4 is 11.8 Å². The van der Waals surface area contributed by atoms with E-state index >= 15 is 0 Å². The van der Waals surface area contributed by atoms with Gasteiger partial charge in [0.05, 0.1) is 24.0 Å². The van der Waals surface area contributed by atoms with Gasteiger partial charge in [-0.3, -0.25) is 9.59 Å². The number of imidazole rings is 1. The summed E-state index contributed by atoms with van der Waals surface area (Å²) in [7, 11) is 0. The van der Waals surface area contributed by atoms with Crippen molar-refractivity contribution in [2.75, 3.05) is 13.1 Å². The summed E-state index contributed by atoms with van der Waals surface area (Å²) in [4.78, 5) is 32.0. The number of hydrogen-bond acceptors (Lipinski definition) is 3. The van der Waals surface area contributed by atoms with Gasteiger partial charge in [0.15, 0.2) is 5.69 Å². The monoisotopic (exact) mass is 358 g/mol. The van der Waals surface area contributed by atoms with Gasteiger partial charge < -0.3 is 14.8 Å². The maximum Gasteiger partial charge on any atom is 0.271 e. The highest BCUT2D eigenvalue weighted by molar-refractivity contribution is 5.93. The van der Waals surface area contributed by atoms with E-state index in [2.05, 4.69) is 43.2 Å². The SMILES string of the molecule is CC(C)CNC(=O)c1ncn2c1CN(C(=O)C1(C)CC=CCC1)CCC2. The van der Waals surface area contributed by atoms with Crippen LogP contribution in [0.5, 0.6) is 0 Å². The van der Waals surface area contributed by atoms with Crippen LogP contribution in [0.1, 0.15) is 62.6 Å². The molecule has 1 aliphatic heterocycles. The van der Waals surface area contributed by atoms with Gasteiger partial charge in [0.25, 0.3) is 5.91 Å². The maximum atomic E-state index is 13.2. The number of carbonyl (C=O) groups is 2. The quantitative estimate of drug-likeness (QED) is 0.842. The van der Waals surface area contributed by atoms with Crippen molar-refractivity contribution in [1.29, 1.82) is 0 Å². The minimum atomic E-state index is -0.329. The van der Waals surface area contributed by atoms with Gasteiger partial charge in [-0.15, -0.1) is 0 Å². The molecule has 2 aliphatic rings. The van der Waals surface area contributed by atoms with E-state index in [1.54, 1.807) is 6.33 Å². The highest BCUT2D eigenvalue weighted by Gasteiger charge is 2.37. The predicted molar refractivity (Wildman–Crippen MR) is 101 cm³/mol. The summed E-state index contributed by atoms with van der Waals surface area (Å²) in [6, 6.07) is 0. The molecule has 1 N–H and O–H groups in total. The fraction of sp³-hybridized carbons (Fsp3) is 0.650. The zero-order chi connectivity index (χ0) is 18.7. The van der Waals surface area contributed by atoms with E-state index in [4.69, 9.17) is 0 Å². The first-order valence-corrected chi connectivity index (χ1v) is 9.67. The van der Waals surface area contributed by atoms with Crippen molar-refractivity contribution < 1.29 is 9.59 Å². The van der Waals surface area contributed by atoms with Crippen LogP contribution >= 0.6 is 0 Å². The third-order valence-electron chi connectivity index (χ3n) is 5.40. The van der Waals surface area contributed by atoms with Crippen molar-refractivity contribution in [2.24, 2.45) is 11.3 Å². The average Bonchev–Trinajstić information content (AvgIpc) is 2.89. The largest absolute Gasteiger partial charge is 0.350 e. The Kier molecular flexibility index (Phi) is 5.49. The molecule has 0 radical (unpaired) electrons. The van der Waals surface area contributed by atoms with Crippen molar-refractivity contribution in [3.63, 3.8) is 0 Å². The number of allylic oxidation sites excluding steroid dienone is 2. The van der Waals surface area contributed by atoms with Gasteiger partial charge in [-0.25, -0.2) is 4.98 Å². The summed E-state index contributed by atoms with van der Waals surface area (Å²) >= 11 is 0. The van der Waals surface area contributed by atoms with E-state index in [9.17, 15) is 9.59 Å². The third kappa shape index (κ3) is 3.84. The minimum absolute atomic E-state index is 0.145. The molecule has 0 spiro atoms. The van der Waals surface area contributed by atoms with Gasteiger partial charge in [0, 0.05) is 19.6 Å². The Morgan fingerprint density at radius 2 is 2.12 bits per heavy atom. The second-order valence-corrected chi connectivity index (χ2v) is 8.19. The minimum Gasteiger partial charge on any atom is -0.350 e. The molecular weight excluding hydrogens is 328 g/mol. The Labute approximate surface area is 155 Å². The van der Waals surface area contributed by atoms with Gasteiger partial charge in [-0.1, -0.05) is 32.9 Å². The number of aryl methyl sites for hydroxylation is 1. The molecule has 1 aliphatic carbocycles. The molecule has 1 atom stereocenters. The van der Waals surface area contributed by atoms with E-state index in [1.807, 2.05) is 9.47 Å². The van der Waals surface area contributed by atoms with Crippen LogP contribution in [0.2, 0.25) is 0 Å². The van der Waals surface area contributed by atoms with Crippen LogP contribution in [0.4, 0.5) is 0 Å². The molecule has 6 nitrogen and oxygen atoms in total. The lowest BCUT2D eigenvalue weighted by atomic mass is 9.77. The molecule has 0 saturated carbocycles. The van der Waals surface area contributed by atoms with Crippen LogP contribution in [0.15, 0.2) is 18.5 Å². The summed E-state index contributed by atoms with van der Waals surface area (Å²) in [5, 5.41) is 2.94. The molecule has 0 aromatic carbocycles. The van der Waals surface area contributed by atoms with Crippen LogP contribution in [-0.4, -0.2) is 39.4 Å². The van der Waals surface area contributed by atoms with Crippen LogP contribution in [-0.2, 0) is 17.9 Å². The molecule has 0 saturated heterocycles. The van der Waals surface area contributed by atoms with Crippen LogP contribution < -0.4 is 5.32 Å². The molecular formula is C20H30N4O2. The Hall–Kier alpha value is -2.11. The van der Waals surface area contributed by atoms with Crippen molar-refractivity contribution in [2.45, 2.75) is 59.5 Å². The summed E-state index contributed by atoms with van der Waals surface area (Å²) in [6.45, 7) is 8.80. The average molecular weight is 358 g/mol. The Morgan fingerprint density at radius 3 is 2.81 bits per heavy atom. The predicted octanol–water partition coefficient (Wildman–Crippen LogP) is 2.75. The zero-order valence-electron chi connectivity index (χ0n) is 16.1. The van der Waals surface area contributed by atoms with Gasteiger partial charge >= 0.3 is 0 Å². The van der Waals surface area contributed by atoms with Gasteiger partial charge in [-0.05, 0) is 31.6 Å². The van der Waals surface area contributed by atoms with Gasteiger partial charge in [0.1, 0.15) is 0 Å². The van der Waals surface area contributed by atoms with E-state index in [0.717, 1.165) is 44.5 Å². The fourth-order valence-electron chi connectivity index (χ4n) is 3.74. The summed E-state index contributed by atoms with van der Waals surface area (Å²) in [5.41, 5.74) is 0.982. The fourth-order valence-corrected chi connectivity index (χ4v) is 3.74. The number of amides is 2. The van der Waals surface area contributed by atoms with E-state index in [0.29, 0.717) is 24.7 Å². The van der Waals surface area contributed by atoms with E-state index < -0.39 is 0 Å². The van der Waals surface area contributed by atoms with Gasteiger partial charge in [-0.2, -0.15) is 0 Å². The molecule has 1 unspecified atom stereocenters. The maximum absolute atomic E-state index is 13.2. The van der Waals surface area contributed by atoms with Crippen molar-refractivity contribution in [3.05, 3.63) is 29.9 Å². The first kappa shape index (κ1) is 18.7. The number of carbonyl (C=O) groups excluding carboxylic acids is 2. The summed E-state index contributed by atoms with van der Waals surface area (Å²) in [6.07, 6.45) is 9.53. The van der Waals surface area contributed by atoms with Crippen LogP contribution in [0.25, 0.3) is 0 Å². The third-order valence-corrected chi connectivity index (χ3v) is 5.40. The molecule has 0 bridgehead atoms. The molecule has 2 heterocycles. The lowest BCUT2D eigenvalue weighted by molar-refractivity contribution is -0.142. The summed E-state index contributed by atoms with van der Waals surface area (Å²) < 4.78 is 2.03. The highest BCUT2D eigenvalue weighted by atomic mass is 16.2. The lowest BCUT2D eigenvalue weighted by Gasteiger charge is -2.35. The Bertz CT molecular complexity index is 707. The van der Waals surface area contributed by atoms with Gasteiger partial charge in [0.2, 0.25) is 5.91 Å². The molecule has 6 heteroatoms. The lowest BCUT2D eigenvalue weighted by Crippen LogP contribution is -2.43. The van der Waals surface area contributed by atoms with Crippen LogP contribution in [0.3, 0.4) is 0 Å². The topological polar surface area (TPSA) is 67.2 Å². The van der Waals surface area contributed by atoms with E-state index in [1.165, 1.54) is 0 Å². The summed E-state index contributed by atoms with van der Waals surface area (Å²) in [5.74, 6) is 0.441. The molecule has 0 fully saturated rings. The molecule has 2 amide bonds. The Balaban J connectivity index is 1.79. The molecule has 26 heavy (non-hydrogen) atoms. The zero-order valence-corrected chi connectivity index (χ0v) is 16.1.